The van der Waals surface area contributed by atoms with Crippen molar-refractivity contribution in [1.29, 1.82) is 0 Å². The Balaban J connectivity index is 1.65. The van der Waals surface area contributed by atoms with E-state index in [9.17, 15) is 14.0 Å². The van der Waals surface area contributed by atoms with E-state index in [1.165, 1.54) is 18.3 Å². The maximum atomic E-state index is 13.3. The third kappa shape index (κ3) is 7.34. The van der Waals surface area contributed by atoms with Gasteiger partial charge in [0.25, 0.3) is 11.8 Å². The van der Waals surface area contributed by atoms with Gasteiger partial charge in [-0.25, -0.2) is 9.97 Å². The van der Waals surface area contributed by atoms with Crippen LogP contribution in [0.5, 0.6) is 5.75 Å². The van der Waals surface area contributed by atoms with E-state index in [4.69, 9.17) is 20.9 Å². The molecule has 0 spiro atoms. The maximum absolute atomic E-state index is 13.3. The van der Waals surface area contributed by atoms with Crippen LogP contribution in [0.15, 0.2) is 36.5 Å². The highest BCUT2D eigenvalue weighted by molar-refractivity contribution is 7.20. The molecule has 0 unspecified atom stereocenters. The van der Waals surface area contributed by atoms with Crippen molar-refractivity contribution in [2.45, 2.75) is 6.92 Å². The van der Waals surface area contributed by atoms with Crippen LogP contribution in [0.3, 0.4) is 0 Å². The zero-order chi connectivity index (χ0) is 26.1. The van der Waals surface area contributed by atoms with Gasteiger partial charge in [-0.3, -0.25) is 14.5 Å². The number of aromatic nitrogens is 2. The van der Waals surface area contributed by atoms with Gasteiger partial charge in [0.2, 0.25) is 5.95 Å². The number of thiazole rings is 1. The van der Waals surface area contributed by atoms with Gasteiger partial charge in [-0.1, -0.05) is 18.3 Å². The van der Waals surface area contributed by atoms with Gasteiger partial charge in [-0.15, -0.1) is 0 Å². The number of hydrogen-bond acceptors (Lipinski definition) is 10. The first-order valence-corrected chi connectivity index (χ1v) is 11.9. The summed E-state index contributed by atoms with van der Waals surface area (Å²) in [5.74, 6) is -1.57. The number of pyridine rings is 1. The molecule has 36 heavy (non-hydrogen) atoms. The largest absolute Gasteiger partial charge is 0.490 e. The molecule has 0 bridgehead atoms. The lowest BCUT2D eigenvalue weighted by atomic mass is 10.1. The van der Waals surface area contributed by atoms with Crippen LogP contribution >= 0.6 is 11.3 Å². The summed E-state index contributed by atoms with van der Waals surface area (Å²) in [6.45, 7) is 5.48. The number of nitrogens with two attached hydrogens (primary N) is 2. The number of likely N-dealkylation sites (N-methyl/N-ethyl adjacent to an activating group) is 1. The first-order valence-electron chi connectivity index (χ1n) is 11.0. The molecule has 0 atom stereocenters. The minimum atomic E-state index is -0.828. The average Bonchev–Trinajstić information content (AvgIpc) is 3.24. The zero-order valence-electron chi connectivity index (χ0n) is 19.9. The van der Waals surface area contributed by atoms with Crippen molar-refractivity contribution in [3.63, 3.8) is 0 Å². The minimum Gasteiger partial charge on any atom is -0.490 e. The molecule has 0 saturated heterocycles. The predicted octanol–water partition coefficient (Wildman–Crippen LogP) is 2.70. The molecule has 1 aromatic carbocycles. The van der Waals surface area contributed by atoms with Crippen LogP contribution in [-0.4, -0.2) is 66.6 Å². The number of methoxy groups -OCH3 is 1. The predicted molar refractivity (Wildman–Crippen MR) is 136 cm³/mol. The van der Waals surface area contributed by atoms with Crippen LogP contribution in [0.1, 0.15) is 27.8 Å². The van der Waals surface area contributed by atoms with Gasteiger partial charge in [0, 0.05) is 43.7 Å². The number of carbonyl (C=O) groups excluding carboxylic acids is 2. The molecule has 0 radical (unpaired) electrons. The Morgan fingerprint density at radius 3 is 2.64 bits per heavy atom. The fourth-order valence-electron chi connectivity index (χ4n) is 3.16. The summed E-state index contributed by atoms with van der Waals surface area (Å²) in [5.41, 5.74) is 12.3. The first kappa shape index (κ1) is 26.8. The summed E-state index contributed by atoms with van der Waals surface area (Å²) in [6, 6.07) is 7.35. The number of anilines is 4. The Kier molecular flexibility index (Phi) is 9.50. The monoisotopic (exact) mass is 517 g/mol. The smallest absolute Gasteiger partial charge is 0.270 e. The van der Waals surface area contributed by atoms with E-state index in [0.29, 0.717) is 36.9 Å². The molecule has 11 nitrogen and oxygen atoms in total. The number of nitrogens with one attached hydrogen (secondary N) is 2. The standard InChI is InChI=1S/C23H28FN7O4S/c1-3-31(8-10-34-2)9-11-35-17-5-4-14(12-16(17)25)21(33)30-22-19(20(26)32)29-23(36-22)28-15-6-7-27-18(24)13-15/h4-7,12-13H,3,8-11,25H2,1-2H3,(H2,26,32)(H,30,33)(H,27,28,29). The van der Waals surface area contributed by atoms with Gasteiger partial charge in [-0.2, -0.15) is 4.39 Å². The van der Waals surface area contributed by atoms with Gasteiger partial charge in [0.1, 0.15) is 17.4 Å². The zero-order valence-corrected chi connectivity index (χ0v) is 20.7. The number of ether oxygens (including phenoxy) is 2. The highest BCUT2D eigenvalue weighted by Gasteiger charge is 2.20. The molecule has 2 heterocycles. The van der Waals surface area contributed by atoms with Crippen molar-refractivity contribution in [3.8, 4) is 5.75 Å². The summed E-state index contributed by atoms with van der Waals surface area (Å²) in [5, 5.41) is 5.86. The molecule has 2 amide bonds. The Labute approximate surface area is 211 Å². The van der Waals surface area contributed by atoms with E-state index >= 15 is 0 Å². The second kappa shape index (κ2) is 12.8. The van der Waals surface area contributed by atoms with E-state index in [0.717, 1.165) is 30.5 Å². The topological polar surface area (TPSA) is 158 Å². The summed E-state index contributed by atoms with van der Waals surface area (Å²) in [6.07, 6.45) is 1.28. The fourth-order valence-corrected chi connectivity index (χ4v) is 4.04. The third-order valence-electron chi connectivity index (χ3n) is 5.06. The fraction of sp³-hybridized carbons (Fsp3) is 0.304. The second-order valence-electron chi connectivity index (χ2n) is 7.54. The normalized spacial score (nSPS) is 10.9. The lowest BCUT2D eigenvalue weighted by molar-refractivity contribution is 0.0997. The molecule has 0 aliphatic heterocycles. The number of nitrogen functional groups attached to an aromatic ring is 1. The number of benzene rings is 1. The lowest BCUT2D eigenvalue weighted by Gasteiger charge is -2.20. The number of nitrogens with zero attached hydrogens (tertiary/aromatic N) is 3. The molecular weight excluding hydrogens is 489 g/mol. The van der Waals surface area contributed by atoms with Crippen LogP contribution in [0.25, 0.3) is 0 Å². The average molecular weight is 518 g/mol. The van der Waals surface area contributed by atoms with Crippen molar-refractivity contribution in [2.75, 3.05) is 56.3 Å². The van der Waals surface area contributed by atoms with Crippen molar-refractivity contribution in [3.05, 3.63) is 53.7 Å². The van der Waals surface area contributed by atoms with Crippen molar-refractivity contribution in [2.24, 2.45) is 5.73 Å². The Morgan fingerprint density at radius 2 is 1.97 bits per heavy atom. The van der Waals surface area contributed by atoms with Crippen LogP contribution in [0, 0.1) is 5.95 Å². The Hall–Kier alpha value is -3.81. The van der Waals surface area contributed by atoms with E-state index in [2.05, 4.69) is 32.4 Å². The molecule has 0 saturated carbocycles. The highest BCUT2D eigenvalue weighted by atomic mass is 32.1. The quantitative estimate of drug-likeness (QED) is 0.198. The number of primary amides is 1. The highest BCUT2D eigenvalue weighted by Crippen LogP contribution is 2.31. The molecule has 13 heteroatoms. The molecule has 6 N–H and O–H groups in total. The lowest BCUT2D eigenvalue weighted by Crippen LogP contribution is -2.31. The van der Waals surface area contributed by atoms with E-state index in [1.54, 1.807) is 19.2 Å². The molecule has 192 valence electrons. The van der Waals surface area contributed by atoms with Gasteiger partial charge >= 0.3 is 0 Å². The minimum absolute atomic E-state index is 0.132. The van der Waals surface area contributed by atoms with E-state index < -0.39 is 17.8 Å². The van der Waals surface area contributed by atoms with Crippen LogP contribution in [0.4, 0.5) is 25.9 Å². The molecular formula is C23H28FN7O4S. The molecule has 2 aromatic heterocycles. The summed E-state index contributed by atoms with van der Waals surface area (Å²) in [7, 11) is 1.66. The van der Waals surface area contributed by atoms with Gasteiger partial charge in [0.05, 0.1) is 12.3 Å². The number of rotatable bonds is 13. The third-order valence-corrected chi connectivity index (χ3v) is 5.95. The number of amides is 2. The van der Waals surface area contributed by atoms with Crippen molar-refractivity contribution in [1.82, 2.24) is 14.9 Å². The molecule has 0 aliphatic carbocycles. The van der Waals surface area contributed by atoms with Crippen molar-refractivity contribution < 1.29 is 23.5 Å². The molecule has 3 aromatic rings. The summed E-state index contributed by atoms with van der Waals surface area (Å²) in [4.78, 5) is 34.5. The van der Waals surface area contributed by atoms with Crippen LogP contribution < -0.4 is 26.8 Å². The SMILES string of the molecule is CCN(CCOC)CCOc1ccc(C(=O)Nc2sc(Nc3ccnc(F)c3)nc2C(N)=O)cc1N. The van der Waals surface area contributed by atoms with E-state index in [1.807, 2.05) is 0 Å². The molecule has 3 rings (SSSR count). The van der Waals surface area contributed by atoms with Crippen LogP contribution in [0.2, 0.25) is 0 Å². The number of hydrogen-bond donors (Lipinski definition) is 4. The summed E-state index contributed by atoms with van der Waals surface area (Å²) < 4.78 is 24.2. The van der Waals surface area contributed by atoms with Gasteiger partial charge in [0.15, 0.2) is 10.8 Å². The number of carbonyl (C=O) groups is 2. The molecule has 0 aliphatic rings. The van der Waals surface area contributed by atoms with Gasteiger partial charge in [-0.05, 0) is 30.8 Å². The Bertz CT molecular complexity index is 1210. The second-order valence-corrected chi connectivity index (χ2v) is 8.53. The Morgan fingerprint density at radius 1 is 1.19 bits per heavy atom. The van der Waals surface area contributed by atoms with E-state index in [-0.39, 0.29) is 21.4 Å². The maximum Gasteiger partial charge on any atom is 0.270 e. The van der Waals surface area contributed by atoms with Crippen LogP contribution in [-0.2, 0) is 4.74 Å². The first-order chi connectivity index (χ1) is 17.3. The van der Waals surface area contributed by atoms with Gasteiger partial charge < -0.3 is 31.6 Å². The molecule has 0 fully saturated rings. The number of halogens is 1. The van der Waals surface area contributed by atoms with Crippen molar-refractivity contribution >= 4 is 44.7 Å². The summed E-state index contributed by atoms with van der Waals surface area (Å²) >= 11 is 0.973.